The second-order valence-corrected chi connectivity index (χ2v) is 3.35. The molecule has 0 unspecified atom stereocenters. The van der Waals surface area contributed by atoms with Gasteiger partial charge < -0.3 is 53.7 Å². The SMILES string of the molecule is CCCCCCC[NH3+].[I-].[I-].c1cc[nH+]cc1. The zero-order valence-corrected chi connectivity index (χ0v) is 14.4. The Bertz CT molecular complexity index is 151. The van der Waals surface area contributed by atoms with Crippen LogP contribution in [0.25, 0.3) is 0 Å². The topological polar surface area (TPSA) is 41.8 Å². The van der Waals surface area contributed by atoms with Crippen LogP contribution < -0.4 is 58.7 Å². The lowest BCUT2D eigenvalue weighted by Gasteiger charge is -1.92. The van der Waals surface area contributed by atoms with Crippen molar-refractivity contribution in [3.63, 3.8) is 0 Å². The summed E-state index contributed by atoms with van der Waals surface area (Å²) in [4.78, 5) is 2.89. The summed E-state index contributed by atoms with van der Waals surface area (Å²) in [6.07, 6.45) is 10.6. The third-order valence-corrected chi connectivity index (χ3v) is 1.96. The Balaban J connectivity index is -0.000000192. The highest BCUT2D eigenvalue weighted by Gasteiger charge is 1.85. The Hall–Kier alpha value is 0.570. The summed E-state index contributed by atoms with van der Waals surface area (Å²) in [7, 11) is 0. The van der Waals surface area contributed by atoms with Crippen LogP contribution in [0.15, 0.2) is 30.6 Å². The van der Waals surface area contributed by atoms with Gasteiger partial charge in [-0.05, 0) is 12.8 Å². The van der Waals surface area contributed by atoms with E-state index in [1.54, 1.807) is 0 Å². The molecule has 4 N–H and O–H groups in total. The van der Waals surface area contributed by atoms with Gasteiger partial charge in [0.15, 0.2) is 12.4 Å². The molecule has 1 aromatic rings. The summed E-state index contributed by atoms with van der Waals surface area (Å²) in [6.45, 7) is 3.36. The molecule has 0 spiro atoms. The van der Waals surface area contributed by atoms with Crippen LogP contribution in [0.5, 0.6) is 0 Å². The highest BCUT2D eigenvalue weighted by atomic mass is 127. The van der Waals surface area contributed by atoms with E-state index >= 15 is 0 Å². The van der Waals surface area contributed by atoms with Crippen molar-refractivity contribution < 1.29 is 58.7 Å². The molecule has 4 heteroatoms. The number of hydrogen-bond donors (Lipinski definition) is 1. The molecular weight excluding hydrogens is 426 g/mol. The predicted molar refractivity (Wildman–Crippen MR) is 59.5 cm³/mol. The van der Waals surface area contributed by atoms with Gasteiger partial charge in [-0.15, -0.1) is 0 Å². The first-order valence-electron chi connectivity index (χ1n) is 5.62. The van der Waals surface area contributed by atoms with Crippen molar-refractivity contribution in [2.24, 2.45) is 0 Å². The molecule has 0 bridgehead atoms. The van der Waals surface area contributed by atoms with Crippen LogP contribution >= 0.6 is 0 Å². The molecule has 0 saturated carbocycles. The third-order valence-electron chi connectivity index (χ3n) is 1.96. The van der Waals surface area contributed by atoms with Crippen LogP contribution in [0.1, 0.15) is 39.0 Å². The van der Waals surface area contributed by atoms with E-state index in [0.29, 0.717) is 0 Å². The molecule has 0 saturated heterocycles. The molecule has 1 heterocycles. The number of hydrogen-bond acceptors (Lipinski definition) is 0. The second kappa shape index (κ2) is 20.9. The van der Waals surface area contributed by atoms with Gasteiger partial charge in [-0.2, -0.15) is 0 Å². The highest BCUT2D eigenvalue weighted by Crippen LogP contribution is 1.99. The molecule has 0 aliphatic rings. The number of quaternary nitrogens is 1. The first-order valence-corrected chi connectivity index (χ1v) is 5.62. The van der Waals surface area contributed by atoms with Gasteiger partial charge in [0.25, 0.3) is 0 Å². The third kappa shape index (κ3) is 20.0. The van der Waals surface area contributed by atoms with Gasteiger partial charge in [0.1, 0.15) is 0 Å². The molecule has 0 amide bonds. The number of aromatic nitrogens is 1. The lowest BCUT2D eigenvalue weighted by Crippen LogP contribution is -3.00. The smallest absolute Gasteiger partial charge is 0.166 e. The van der Waals surface area contributed by atoms with Gasteiger partial charge in [-0.25, -0.2) is 4.98 Å². The average Bonchev–Trinajstić information content (AvgIpc) is 2.28. The Morgan fingerprint density at radius 3 is 1.75 bits per heavy atom. The van der Waals surface area contributed by atoms with Crippen LogP contribution in [0.3, 0.4) is 0 Å². The van der Waals surface area contributed by atoms with Crippen molar-refractivity contribution >= 4 is 0 Å². The molecule has 96 valence electrons. The molecular formula is C12H24I2N2. The molecule has 1 rings (SSSR count). The number of H-pyrrole nitrogens is 1. The number of aromatic amines is 1. The van der Waals surface area contributed by atoms with Gasteiger partial charge in [0.05, 0.1) is 6.54 Å². The summed E-state index contributed by atoms with van der Waals surface area (Å²) < 4.78 is 0. The summed E-state index contributed by atoms with van der Waals surface area (Å²) in [6, 6.07) is 5.86. The Labute approximate surface area is 134 Å². The van der Waals surface area contributed by atoms with Crippen LogP contribution in [-0.4, -0.2) is 6.54 Å². The van der Waals surface area contributed by atoms with Gasteiger partial charge >= 0.3 is 0 Å². The van der Waals surface area contributed by atoms with Crippen molar-refractivity contribution in [1.82, 2.24) is 0 Å². The minimum absolute atomic E-state index is 0. The van der Waals surface area contributed by atoms with E-state index in [1.165, 1.54) is 32.1 Å². The fourth-order valence-corrected chi connectivity index (χ4v) is 1.12. The van der Waals surface area contributed by atoms with Crippen LogP contribution in [0.4, 0.5) is 0 Å². The van der Waals surface area contributed by atoms with Crippen molar-refractivity contribution in [2.45, 2.75) is 39.0 Å². The summed E-state index contributed by atoms with van der Waals surface area (Å²) in [5.41, 5.74) is 3.78. The Kier molecular flexibility index (Phi) is 28.5. The van der Waals surface area contributed by atoms with E-state index in [9.17, 15) is 0 Å². The molecule has 1 aromatic heterocycles. The zero-order valence-electron chi connectivity index (χ0n) is 10.1. The van der Waals surface area contributed by atoms with E-state index < -0.39 is 0 Å². The molecule has 16 heavy (non-hydrogen) atoms. The average molecular weight is 450 g/mol. The maximum absolute atomic E-state index is 3.78. The monoisotopic (exact) mass is 450 g/mol. The molecule has 0 aromatic carbocycles. The van der Waals surface area contributed by atoms with Crippen molar-refractivity contribution in [3.05, 3.63) is 30.6 Å². The first kappa shape index (κ1) is 21.8. The normalized spacial score (nSPS) is 7.88. The van der Waals surface area contributed by atoms with E-state index in [-0.39, 0.29) is 48.0 Å². The molecule has 0 atom stereocenters. The molecule has 0 aliphatic heterocycles. The number of halogens is 2. The second-order valence-electron chi connectivity index (χ2n) is 3.35. The molecule has 0 fully saturated rings. The van der Waals surface area contributed by atoms with Crippen LogP contribution in [0.2, 0.25) is 0 Å². The predicted octanol–water partition coefficient (Wildman–Crippen LogP) is -4.29. The van der Waals surface area contributed by atoms with E-state index in [0.717, 1.165) is 6.54 Å². The lowest BCUT2D eigenvalue weighted by atomic mass is 10.2. The number of pyridine rings is 1. The van der Waals surface area contributed by atoms with E-state index in [2.05, 4.69) is 17.6 Å². The number of nitrogens with one attached hydrogen (secondary N) is 1. The van der Waals surface area contributed by atoms with Gasteiger partial charge in [0.2, 0.25) is 0 Å². The maximum Gasteiger partial charge on any atom is 0.166 e. The minimum Gasteiger partial charge on any atom is -1.00 e. The van der Waals surface area contributed by atoms with Crippen molar-refractivity contribution in [2.75, 3.05) is 6.54 Å². The Morgan fingerprint density at radius 1 is 0.875 bits per heavy atom. The Morgan fingerprint density at radius 2 is 1.44 bits per heavy atom. The van der Waals surface area contributed by atoms with Crippen LogP contribution in [-0.2, 0) is 0 Å². The quantitative estimate of drug-likeness (QED) is 0.349. The van der Waals surface area contributed by atoms with Crippen molar-refractivity contribution in [1.29, 1.82) is 0 Å². The van der Waals surface area contributed by atoms with E-state index in [1.807, 2.05) is 30.6 Å². The number of rotatable bonds is 5. The van der Waals surface area contributed by atoms with Crippen LogP contribution in [0, 0.1) is 0 Å². The first-order chi connectivity index (χ1) is 6.91. The molecule has 0 aliphatic carbocycles. The van der Waals surface area contributed by atoms with Gasteiger partial charge in [0, 0.05) is 12.1 Å². The number of unbranched alkanes of at least 4 members (excludes halogenated alkanes) is 4. The van der Waals surface area contributed by atoms with E-state index in [4.69, 9.17) is 0 Å². The fourth-order valence-electron chi connectivity index (χ4n) is 1.12. The van der Waals surface area contributed by atoms with Crippen molar-refractivity contribution in [3.8, 4) is 0 Å². The largest absolute Gasteiger partial charge is 1.00 e. The molecule has 2 nitrogen and oxygen atoms in total. The summed E-state index contributed by atoms with van der Waals surface area (Å²) >= 11 is 0. The van der Waals surface area contributed by atoms with Gasteiger partial charge in [-0.3, -0.25) is 0 Å². The lowest BCUT2D eigenvalue weighted by molar-refractivity contribution is -0.378. The summed E-state index contributed by atoms with van der Waals surface area (Å²) in [5.74, 6) is 0. The summed E-state index contributed by atoms with van der Waals surface area (Å²) in [5, 5.41) is 0. The minimum atomic E-state index is 0. The highest BCUT2D eigenvalue weighted by molar-refractivity contribution is 4.82. The maximum atomic E-state index is 3.78. The van der Waals surface area contributed by atoms with Gasteiger partial charge in [-0.1, -0.05) is 32.3 Å². The fraction of sp³-hybridized carbons (Fsp3) is 0.583. The molecule has 0 radical (unpaired) electrons. The standard InChI is InChI=1S/C7H17N.C5H5N.2HI/c1-2-3-4-5-6-7-8;1-2-4-6-5-3-1;;/h2-8H2,1H3;1-5H;2*1H. The zero-order chi connectivity index (χ0) is 10.5.